The van der Waals surface area contributed by atoms with E-state index >= 15 is 0 Å². The Hall–Kier alpha value is -4.12. The Morgan fingerprint density at radius 2 is 1.73 bits per heavy atom. The standard InChI is InChI=1S/C29H30BrFN4O5/c1-39-26-13-18(7-12-25(26)34-29(38)33-24-6-4-3-5-23(24)30)14-27(36)35-17-20(31)15-22(35)16-32-21-10-8-19(9-11-21)28(37)40-2/h3-13,20,22,32H,14-17H2,1-2H3,(H2,33,34,38). The molecule has 1 heterocycles. The maximum atomic E-state index is 14.4. The number of esters is 1. The molecule has 0 saturated carbocycles. The quantitative estimate of drug-likeness (QED) is 0.276. The van der Waals surface area contributed by atoms with Crippen LogP contribution >= 0.6 is 15.9 Å². The highest BCUT2D eigenvalue weighted by atomic mass is 79.9. The van der Waals surface area contributed by atoms with Crippen molar-refractivity contribution in [1.29, 1.82) is 0 Å². The van der Waals surface area contributed by atoms with Gasteiger partial charge < -0.3 is 30.3 Å². The topological polar surface area (TPSA) is 109 Å². The number of nitrogens with one attached hydrogen (secondary N) is 3. The summed E-state index contributed by atoms with van der Waals surface area (Å²) < 4.78 is 25.3. The highest BCUT2D eigenvalue weighted by molar-refractivity contribution is 9.10. The van der Waals surface area contributed by atoms with E-state index in [1.807, 2.05) is 18.2 Å². The molecule has 0 aromatic heterocycles. The molecule has 3 amide bonds. The molecular formula is C29H30BrFN4O5. The lowest BCUT2D eigenvalue weighted by Gasteiger charge is -2.25. The number of para-hydroxylation sites is 1. The van der Waals surface area contributed by atoms with Gasteiger partial charge in [-0.15, -0.1) is 0 Å². The molecule has 9 nitrogen and oxygen atoms in total. The second-order valence-corrected chi connectivity index (χ2v) is 10.1. The van der Waals surface area contributed by atoms with Gasteiger partial charge in [-0.3, -0.25) is 4.79 Å². The van der Waals surface area contributed by atoms with Crippen molar-refractivity contribution in [2.24, 2.45) is 0 Å². The molecule has 1 fully saturated rings. The van der Waals surface area contributed by atoms with Crippen LogP contribution in [0, 0.1) is 0 Å². The first-order chi connectivity index (χ1) is 19.3. The third-order valence-corrected chi connectivity index (χ3v) is 7.21. The number of ether oxygens (including phenoxy) is 2. The predicted molar refractivity (Wildman–Crippen MR) is 155 cm³/mol. The van der Waals surface area contributed by atoms with Crippen LogP contribution in [0.15, 0.2) is 71.2 Å². The minimum Gasteiger partial charge on any atom is -0.495 e. The summed E-state index contributed by atoms with van der Waals surface area (Å²) >= 11 is 3.39. The number of halogens is 2. The van der Waals surface area contributed by atoms with Crippen LogP contribution < -0.4 is 20.7 Å². The number of hydrogen-bond donors (Lipinski definition) is 3. The lowest BCUT2D eigenvalue weighted by molar-refractivity contribution is -0.131. The molecule has 2 atom stereocenters. The first kappa shape index (κ1) is 28.9. The van der Waals surface area contributed by atoms with E-state index < -0.39 is 18.2 Å². The maximum Gasteiger partial charge on any atom is 0.337 e. The highest BCUT2D eigenvalue weighted by Crippen LogP contribution is 2.28. The Kier molecular flexibility index (Phi) is 9.60. The van der Waals surface area contributed by atoms with E-state index in [2.05, 4.69) is 31.9 Å². The number of carbonyl (C=O) groups is 3. The van der Waals surface area contributed by atoms with E-state index in [0.717, 1.165) is 10.2 Å². The van der Waals surface area contributed by atoms with Gasteiger partial charge in [-0.25, -0.2) is 14.0 Å². The smallest absolute Gasteiger partial charge is 0.337 e. The fraction of sp³-hybridized carbons (Fsp3) is 0.276. The number of carbonyl (C=O) groups excluding carboxylic acids is 3. The van der Waals surface area contributed by atoms with Gasteiger partial charge in [0.05, 0.1) is 50.2 Å². The Morgan fingerprint density at radius 3 is 2.42 bits per heavy atom. The summed E-state index contributed by atoms with van der Waals surface area (Å²) in [7, 11) is 2.80. The Bertz CT molecular complexity index is 1370. The van der Waals surface area contributed by atoms with Gasteiger partial charge in [0.2, 0.25) is 5.91 Å². The Morgan fingerprint density at radius 1 is 1.00 bits per heavy atom. The van der Waals surface area contributed by atoms with Crippen LogP contribution in [0.4, 0.5) is 26.2 Å². The van der Waals surface area contributed by atoms with E-state index in [9.17, 15) is 18.8 Å². The Balaban J connectivity index is 1.36. The highest BCUT2D eigenvalue weighted by Gasteiger charge is 2.35. The molecule has 0 aliphatic carbocycles. The SMILES string of the molecule is COC(=O)c1ccc(NCC2CC(F)CN2C(=O)Cc2ccc(NC(=O)Nc3ccccc3Br)c(OC)c2)cc1. The fourth-order valence-corrected chi connectivity index (χ4v) is 4.88. The maximum absolute atomic E-state index is 14.4. The number of hydrogen-bond acceptors (Lipinski definition) is 6. The number of nitrogens with zero attached hydrogens (tertiary/aromatic N) is 1. The molecule has 40 heavy (non-hydrogen) atoms. The van der Waals surface area contributed by atoms with Gasteiger partial charge in [0.15, 0.2) is 0 Å². The van der Waals surface area contributed by atoms with Crippen molar-refractivity contribution in [2.45, 2.75) is 25.1 Å². The molecule has 3 aromatic rings. The van der Waals surface area contributed by atoms with Gasteiger partial charge in [-0.2, -0.15) is 0 Å². The van der Waals surface area contributed by atoms with Gasteiger partial charge in [-0.1, -0.05) is 18.2 Å². The third kappa shape index (κ3) is 7.29. The number of benzene rings is 3. The van der Waals surface area contributed by atoms with Crippen molar-refractivity contribution in [3.63, 3.8) is 0 Å². The summed E-state index contributed by atoms with van der Waals surface area (Å²) in [5.74, 6) is -0.239. The second kappa shape index (κ2) is 13.3. The van der Waals surface area contributed by atoms with Gasteiger partial charge >= 0.3 is 12.0 Å². The fourth-order valence-electron chi connectivity index (χ4n) is 4.50. The first-order valence-electron chi connectivity index (χ1n) is 12.6. The lowest BCUT2D eigenvalue weighted by Crippen LogP contribution is -2.40. The molecular weight excluding hydrogens is 583 g/mol. The molecule has 11 heteroatoms. The Labute approximate surface area is 240 Å². The monoisotopic (exact) mass is 612 g/mol. The predicted octanol–water partition coefficient (Wildman–Crippen LogP) is 5.48. The minimum absolute atomic E-state index is 0.0262. The molecule has 0 radical (unpaired) electrons. The molecule has 0 bridgehead atoms. The van der Waals surface area contributed by atoms with Crippen LogP contribution in [0.25, 0.3) is 0 Å². The van der Waals surface area contributed by atoms with E-state index in [1.54, 1.807) is 53.4 Å². The molecule has 210 valence electrons. The van der Waals surface area contributed by atoms with Gasteiger partial charge in [0.1, 0.15) is 11.9 Å². The minimum atomic E-state index is -1.11. The van der Waals surface area contributed by atoms with E-state index in [-0.39, 0.29) is 31.3 Å². The molecule has 1 saturated heterocycles. The number of methoxy groups -OCH3 is 2. The molecule has 0 spiro atoms. The van der Waals surface area contributed by atoms with E-state index in [1.165, 1.54) is 14.2 Å². The number of urea groups is 1. The first-order valence-corrected chi connectivity index (χ1v) is 13.4. The number of likely N-dealkylation sites (tertiary alicyclic amines) is 1. The summed E-state index contributed by atoms with van der Waals surface area (Å²) in [6.45, 7) is 0.390. The van der Waals surface area contributed by atoms with Crippen LogP contribution in [-0.2, 0) is 16.0 Å². The molecule has 3 N–H and O–H groups in total. The van der Waals surface area contributed by atoms with Crippen molar-refractivity contribution in [1.82, 2.24) is 4.90 Å². The number of amides is 3. The number of anilines is 3. The lowest BCUT2D eigenvalue weighted by atomic mass is 10.1. The molecule has 2 unspecified atom stereocenters. The molecule has 4 rings (SSSR count). The molecule has 1 aliphatic rings. The van der Waals surface area contributed by atoms with Gasteiger partial charge in [0.25, 0.3) is 0 Å². The van der Waals surface area contributed by atoms with E-state index in [4.69, 9.17) is 9.47 Å². The average molecular weight is 613 g/mol. The van der Waals surface area contributed by atoms with Gasteiger partial charge in [0, 0.05) is 23.1 Å². The zero-order valence-electron chi connectivity index (χ0n) is 22.1. The van der Waals surface area contributed by atoms with Crippen LogP contribution in [0.5, 0.6) is 5.75 Å². The van der Waals surface area contributed by atoms with Crippen LogP contribution in [0.2, 0.25) is 0 Å². The zero-order chi connectivity index (χ0) is 28.6. The zero-order valence-corrected chi connectivity index (χ0v) is 23.7. The third-order valence-electron chi connectivity index (χ3n) is 6.52. The van der Waals surface area contributed by atoms with Crippen molar-refractivity contribution < 1.29 is 28.2 Å². The summed E-state index contributed by atoms with van der Waals surface area (Å²) in [5, 5.41) is 8.74. The van der Waals surface area contributed by atoms with Crippen molar-refractivity contribution >= 4 is 50.9 Å². The normalized spacial score (nSPS) is 16.2. The summed E-state index contributed by atoms with van der Waals surface area (Å²) in [6, 6.07) is 18.3. The van der Waals surface area contributed by atoms with Crippen LogP contribution in [0.1, 0.15) is 22.3 Å². The van der Waals surface area contributed by atoms with Crippen LogP contribution in [-0.4, -0.2) is 62.3 Å². The van der Waals surface area contributed by atoms with E-state index in [0.29, 0.717) is 34.8 Å². The second-order valence-electron chi connectivity index (χ2n) is 9.25. The van der Waals surface area contributed by atoms with Crippen molar-refractivity contribution in [3.8, 4) is 5.75 Å². The largest absolute Gasteiger partial charge is 0.495 e. The van der Waals surface area contributed by atoms with Crippen LogP contribution in [0.3, 0.4) is 0 Å². The summed E-state index contributed by atoms with van der Waals surface area (Å²) in [4.78, 5) is 38.9. The van der Waals surface area contributed by atoms with Gasteiger partial charge in [-0.05, 0) is 70.0 Å². The average Bonchev–Trinajstić information content (AvgIpc) is 3.34. The number of rotatable bonds is 9. The van der Waals surface area contributed by atoms with Crippen molar-refractivity contribution in [3.05, 3.63) is 82.3 Å². The summed E-state index contributed by atoms with van der Waals surface area (Å²) in [5.41, 5.74) is 2.90. The van der Waals surface area contributed by atoms with Crippen molar-refractivity contribution in [2.75, 3.05) is 43.3 Å². The summed E-state index contributed by atoms with van der Waals surface area (Å²) in [6.07, 6.45) is -0.823. The number of alkyl halides is 1. The molecule has 3 aromatic carbocycles. The molecule has 1 aliphatic heterocycles.